The van der Waals surface area contributed by atoms with Gasteiger partial charge in [-0.2, -0.15) is 9.64 Å². The van der Waals surface area contributed by atoms with E-state index in [1.165, 1.54) is 11.5 Å². The second-order valence-corrected chi connectivity index (χ2v) is 3.93. The average Bonchev–Trinajstić information content (AvgIpc) is 2.42. The van der Waals surface area contributed by atoms with Crippen LogP contribution in [0.25, 0.3) is 0 Å². The SMILES string of the molecule is CC(C)CNc1snc(N)c1C#N. The second kappa shape index (κ2) is 4.10. The minimum absolute atomic E-state index is 0.318. The molecule has 1 rings (SSSR count). The molecule has 0 atom stereocenters. The molecule has 0 aliphatic carbocycles. The van der Waals surface area contributed by atoms with Gasteiger partial charge in [0.25, 0.3) is 0 Å². The summed E-state index contributed by atoms with van der Waals surface area (Å²) in [5.74, 6) is 0.855. The highest BCUT2D eigenvalue weighted by atomic mass is 32.1. The fourth-order valence-electron chi connectivity index (χ4n) is 0.828. The highest BCUT2D eigenvalue weighted by Gasteiger charge is 2.10. The second-order valence-electron chi connectivity index (χ2n) is 3.16. The maximum atomic E-state index is 8.75. The molecule has 0 amide bonds. The number of nitrogen functional groups attached to an aromatic ring is 1. The van der Waals surface area contributed by atoms with Gasteiger partial charge in [0.05, 0.1) is 0 Å². The van der Waals surface area contributed by atoms with Crippen molar-refractivity contribution >= 4 is 22.4 Å². The zero-order chi connectivity index (χ0) is 9.84. The van der Waals surface area contributed by atoms with Crippen molar-refractivity contribution in [1.82, 2.24) is 4.37 Å². The molecular formula is C8H12N4S. The molecule has 3 N–H and O–H groups in total. The lowest BCUT2D eigenvalue weighted by atomic mass is 10.2. The fraction of sp³-hybridized carbons (Fsp3) is 0.500. The molecule has 0 aliphatic rings. The van der Waals surface area contributed by atoms with E-state index in [1.54, 1.807) is 0 Å². The zero-order valence-electron chi connectivity index (χ0n) is 7.66. The Hall–Kier alpha value is -1.28. The molecule has 0 saturated carbocycles. The first-order valence-electron chi connectivity index (χ1n) is 4.04. The first-order chi connectivity index (χ1) is 6.15. The number of nitrogens with one attached hydrogen (secondary N) is 1. The fourth-order valence-corrected chi connectivity index (χ4v) is 1.50. The van der Waals surface area contributed by atoms with E-state index in [4.69, 9.17) is 11.0 Å². The number of nitrogens with zero attached hydrogens (tertiary/aromatic N) is 2. The van der Waals surface area contributed by atoms with Crippen molar-refractivity contribution < 1.29 is 0 Å². The van der Waals surface area contributed by atoms with Crippen molar-refractivity contribution in [2.24, 2.45) is 5.92 Å². The van der Waals surface area contributed by atoms with E-state index in [1.807, 2.05) is 6.07 Å². The summed E-state index contributed by atoms with van der Waals surface area (Å²) in [6.45, 7) is 5.03. The minimum Gasteiger partial charge on any atom is -0.382 e. The molecule has 5 heteroatoms. The van der Waals surface area contributed by atoms with Gasteiger partial charge in [0, 0.05) is 6.54 Å². The molecule has 0 radical (unpaired) electrons. The Morgan fingerprint density at radius 2 is 2.38 bits per heavy atom. The zero-order valence-corrected chi connectivity index (χ0v) is 8.48. The molecular weight excluding hydrogens is 184 g/mol. The maximum absolute atomic E-state index is 8.75. The summed E-state index contributed by atoms with van der Waals surface area (Å²) in [7, 11) is 0. The van der Waals surface area contributed by atoms with Crippen LogP contribution in [0.4, 0.5) is 10.8 Å². The Balaban J connectivity index is 2.73. The van der Waals surface area contributed by atoms with Crippen LogP contribution in [-0.4, -0.2) is 10.9 Å². The molecule has 1 aromatic rings. The lowest BCUT2D eigenvalue weighted by Crippen LogP contribution is -2.07. The molecule has 0 aromatic carbocycles. The smallest absolute Gasteiger partial charge is 0.157 e. The molecule has 1 heterocycles. The van der Waals surface area contributed by atoms with Gasteiger partial charge >= 0.3 is 0 Å². The Bertz CT molecular complexity index is 323. The third-order valence-corrected chi connectivity index (χ3v) is 2.32. The molecule has 4 nitrogen and oxygen atoms in total. The molecule has 0 fully saturated rings. The molecule has 0 bridgehead atoms. The Morgan fingerprint density at radius 3 is 2.92 bits per heavy atom. The van der Waals surface area contributed by atoms with E-state index in [0.29, 0.717) is 17.3 Å². The predicted molar refractivity (Wildman–Crippen MR) is 54.6 cm³/mol. The van der Waals surface area contributed by atoms with Crippen molar-refractivity contribution in [1.29, 1.82) is 5.26 Å². The Kier molecular flexibility index (Phi) is 3.09. The highest BCUT2D eigenvalue weighted by molar-refractivity contribution is 7.10. The van der Waals surface area contributed by atoms with Crippen molar-refractivity contribution in [3.05, 3.63) is 5.56 Å². The van der Waals surface area contributed by atoms with Crippen LogP contribution in [0.2, 0.25) is 0 Å². The van der Waals surface area contributed by atoms with E-state index >= 15 is 0 Å². The third-order valence-electron chi connectivity index (χ3n) is 1.50. The van der Waals surface area contributed by atoms with Gasteiger partial charge in [-0.25, -0.2) is 0 Å². The molecule has 1 aromatic heterocycles. The highest BCUT2D eigenvalue weighted by Crippen LogP contribution is 2.25. The van der Waals surface area contributed by atoms with Crippen LogP contribution in [0.5, 0.6) is 0 Å². The molecule has 0 spiro atoms. The van der Waals surface area contributed by atoms with Crippen LogP contribution in [0, 0.1) is 17.2 Å². The summed E-state index contributed by atoms with van der Waals surface area (Å²) in [5.41, 5.74) is 5.96. The third kappa shape index (κ3) is 2.33. The van der Waals surface area contributed by atoms with Gasteiger partial charge in [0.1, 0.15) is 16.6 Å². The largest absolute Gasteiger partial charge is 0.382 e. The van der Waals surface area contributed by atoms with Crippen LogP contribution in [0.15, 0.2) is 0 Å². The number of aromatic nitrogens is 1. The van der Waals surface area contributed by atoms with Crippen LogP contribution in [0.3, 0.4) is 0 Å². The summed E-state index contributed by atoms with van der Waals surface area (Å²) in [6, 6.07) is 2.03. The van der Waals surface area contributed by atoms with Crippen LogP contribution >= 0.6 is 11.5 Å². The molecule has 0 aliphatic heterocycles. The number of nitrogens with two attached hydrogens (primary N) is 1. The monoisotopic (exact) mass is 196 g/mol. The molecule has 13 heavy (non-hydrogen) atoms. The molecule has 0 unspecified atom stereocenters. The van der Waals surface area contributed by atoms with E-state index < -0.39 is 0 Å². The average molecular weight is 196 g/mol. The number of rotatable bonds is 3. The number of nitriles is 1. The lowest BCUT2D eigenvalue weighted by Gasteiger charge is -2.05. The summed E-state index contributed by atoms with van der Waals surface area (Å²) < 4.78 is 3.90. The Morgan fingerprint density at radius 1 is 1.69 bits per heavy atom. The minimum atomic E-state index is 0.318. The summed E-state index contributed by atoms with van der Waals surface area (Å²) in [6.07, 6.45) is 0. The van der Waals surface area contributed by atoms with Gasteiger partial charge in [-0.1, -0.05) is 13.8 Å². The lowest BCUT2D eigenvalue weighted by molar-refractivity contribution is 0.690. The van der Waals surface area contributed by atoms with Gasteiger partial charge in [0.15, 0.2) is 5.82 Å². The maximum Gasteiger partial charge on any atom is 0.157 e. The van der Waals surface area contributed by atoms with E-state index in [0.717, 1.165) is 11.5 Å². The standard InChI is InChI=1S/C8H12N4S/c1-5(2)4-11-8-6(3-9)7(10)12-13-8/h5,11H,4H2,1-2H3,(H2,10,12). The van der Waals surface area contributed by atoms with Gasteiger partial charge in [-0.05, 0) is 17.5 Å². The van der Waals surface area contributed by atoms with Gasteiger partial charge in [0.2, 0.25) is 0 Å². The van der Waals surface area contributed by atoms with Crippen molar-refractivity contribution in [2.45, 2.75) is 13.8 Å². The normalized spacial score (nSPS) is 10.0. The number of hydrogen-bond acceptors (Lipinski definition) is 5. The summed E-state index contributed by atoms with van der Waals surface area (Å²) in [4.78, 5) is 0. The molecule has 70 valence electrons. The van der Waals surface area contributed by atoms with Crippen LogP contribution in [-0.2, 0) is 0 Å². The first kappa shape index (κ1) is 9.81. The topological polar surface area (TPSA) is 74.7 Å². The van der Waals surface area contributed by atoms with Gasteiger partial charge in [-0.3, -0.25) is 0 Å². The van der Waals surface area contributed by atoms with Crippen molar-refractivity contribution in [3.63, 3.8) is 0 Å². The summed E-state index contributed by atoms with van der Waals surface area (Å²) >= 11 is 1.23. The first-order valence-corrected chi connectivity index (χ1v) is 4.81. The van der Waals surface area contributed by atoms with E-state index in [-0.39, 0.29) is 0 Å². The number of hydrogen-bond donors (Lipinski definition) is 2. The van der Waals surface area contributed by atoms with E-state index in [2.05, 4.69) is 23.5 Å². The van der Waals surface area contributed by atoms with E-state index in [9.17, 15) is 0 Å². The van der Waals surface area contributed by atoms with Crippen LogP contribution in [0.1, 0.15) is 19.4 Å². The van der Waals surface area contributed by atoms with Gasteiger partial charge < -0.3 is 11.1 Å². The molecule has 0 saturated heterocycles. The van der Waals surface area contributed by atoms with Crippen molar-refractivity contribution in [2.75, 3.05) is 17.6 Å². The quantitative estimate of drug-likeness (QED) is 0.771. The van der Waals surface area contributed by atoms with Gasteiger partial charge in [-0.15, -0.1) is 0 Å². The predicted octanol–water partition coefficient (Wildman–Crippen LogP) is 1.66. The Labute approximate surface area is 81.5 Å². The number of anilines is 2. The van der Waals surface area contributed by atoms with Crippen LogP contribution < -0.4 is 11.1 Å². The van der Waals surface area contributed by atoms with Crippen molar-refractivity contribution in [3.8, 4) is 6.07 Å². The summed E-state index contributed by atoms with van der Waals surface area (Å²) in [5, 5.41) is 12.7.